The van der Waals surface area contributed by atoms with Crippen LogP contribution in [-0.2, 0) is 19.1 Å². The average Bonchev–Trinajstić information content (AvgIpc) is 3.18. The third-order valence-corrected chi connectivity index (χ3v) is 7.35. The number of allylic oxidation sites excluding steroid dienone is 1. The van der Waals surface area contributed by atoms with Crippen molar-refractivity contribution < 1.29 is 39.5 Å². The predicted octanol–water partition coefficient (Wildman–Crippen LogP) is 4.77. The summed E-state index contributed by atoms with van der Waals surface area (Å²) in [5, 5.41) is 40.4. The number of esters is 2. The zero-order valence-electron chi connectivity index (χ0n) is 24.2. The highest BCUT2D eigenvalue weighted by Gasteiger charge is 2.39. The molecular weight excluding hydrogens is 500 g/mol. The molecule has 6 atom stereocenters. The molecule has 0 saturated heterocycles. The molecule has 0 aromatic carbocycles. The van der Waals surface area contributed by atoms with Crippen molar-refractivity contribution in [3.05, 3.63) is 24.3 Å². The molecule has 1 saturated carbocycles. The minimum absolute atomic E-state index is 0.00609. The summed E-state index contributed by atoms with van der Waals surface area (Å²) in [6, 6.07) is 0. The van der Waals surface area contributed by atoms with Gasteiger partial charge in [-0.1, -0.05) is 95.9 Å². The van der Waals surface area contributed by atoms with E-state index in [0.29, 0.717) is 12.8 Å². The van der Waals surface area contributed by atoms with Gasteiger partial charge < -0.3 is 29.9 Å². The van der Waals surface area contributed by atoms with Crippen LogP contribution in [0.15, 0.2) is 24.3 Å². The van der Waals surface area contributed by atoms with Crippen molar-refractivity contribution in [3.63, 3.8) is 0 Å². The first-order valence-electron chi connectivity index (χ1n) is 15.2. The number of hydrogen-bond donors (Lipinski definition) is 4. The monoisotopic (exact) mass is 554 g/mol. The van der Waals surface area contributed by atoms with E-state index in [1.165, 1.54) is 25.7 Å². The van der Waals surface area contributed by atoms with Gasteiger partial charge >= 0.3 is 11.9 Å². The number of unbranched alkanes of at least 4 members (excludes halogenated alkanes) is 8. The summed E-state index contributed by atoms with van der Waals surface area (Å²) in [7, 11) is 0. The van der Waals surface area contributed by atoms with E-state index in [2.05, 4.69) is 13.8 Å². The lowest BCUT2D eigenvalue weighted by Gasteiger charge is -2.19. The van der Waals surface area contributed by atoms with Gasteiger partial charge in [-0.15, -0.1) is 0 Å². The fraction of sp³-hybridized carbons (Fsp3) is 0.806. The van der Waals surface area contributed by atoms with Gasteiger partial charge in [0.25, 0.3) is 0 Å². The lowest BCUT2D eigenvalue weighted by atomic mass is 9.89. The highest BCUT2D eigenvalue weighted by Crippen LogP contribution is 2.36. The maximum atomic E-state index is 12.1. The molecule has 1 aliphatic rings. The molecule has 0 amide bonds. The Balaban J connectivity index is 2.34. The fourth-order valence-corrected chi connectivity index (χ4v) is 4.94. The number of aliphatic hydroxyl groups excluding tert-OH is 4. The summed E-state index contributed by atoms with van der Waals surface area (Å²) in [6.45, 7) is 3.66. The third kappa shape index (κ3) is 16.2. The molecular formula is C31H54O8. The van der Waals surface area contributed by atoms with Crippen LogP contribution in [0.1, 0.15) is 110 Å². The Morgan fingerprint density at radius 3 is 2.26 bits per heavy atom. The molecule has 0 radical (unpaired) electrons. The lowest BCUT2D eigenvalue weighted by molar-refractivity contribution is -0.161. The lowest BCUT2D eigenvalue weighted by Crippen LogP contribution is -2.28. The zero-order chi connectivity index (χ0) is 28.9. The third-order valence-electron chi connectivity index (χ3n) is 7.35. The van der Waals surface area contributed by atoms with E-state index in [1.54, 1.807) is 18.2 Å². The Morgan fingerprint density at radius 2 is 1.56 bits per heavy atom. The second kappa shape index (κ2) is 22.0. The molecule has 8 heteroatoms. The summed E-state index contributed by atoms with van der Waals surface area (Å²) < 4.78 is 10.4. The Morgan fingerprint density at radius 1 is 0.897 bits per heavy atom. The Kier molecular flexibility index (Phi) is 19.9. The molecule has 1 aliphatic carbocycles. The number of carbonyl (C=O) groups is 2. The molecule has 226 valence electrons. The molecule has 8 nitrogen and oxygen atoms in total. The van der Waals surface area contributed by atoms with E-state index in [-0.39, 0.29) is 37.7 Å². The van der Waals surface area contributed by atoms with Crippen LogP contribution in [0.25, 0.3) is 0 Å². The smallest absolute Gasteiger partial charge is 0.309 e. The van der Waals surface area contributed by atoms with Gasteiger partial charge in [-0.3, -0.25) is 9.59 Å². The Hall–Kier alpha value is -1.74. The van der Waals surface area contributed by atoms with Crippen molar-refractivity contribution >= 4 is 11.9 Å². The topological polar surface area (TPSA) is 134 Å². The fourth-order valence-electron chi connectivity index (χ4n) is 4.94. The van der Waals surface area contributed by atoms with Crippen LogP contribution in [0, 0.1) is 11.8 Å². The van der Waals surface area contributed by atoms with E-state index in [4.69, 9.17) is 9.47 Å². The molecule has 0 spiro atoms. The maximum absolute atomic E-state index is 12.1. The summed E-state index contributed by atoms with van der Waals surface area (Å²) in [6.07, 6.45) is 16.7. The van der Waals surface area contributed by atoms with Gasteiger partial charge in [-0.2, -0.15) is 0 Å². The van der Waals surface area contributed by atoms with Crippen LogP contribution in [-0.4, -0.2) is 70.0 Å². The minimum Gasteiger partial charge on any atom is -0.461 e. The quantitative estimate of drug-likeness (QED) is 0.0855. The van der Waals surface area contributed by atoms with Crippen LogP contribution in [0.4, 0.5) is 0 Å². The van der Waals surface area contributed by atoms with Gasteiger partial charge in [0, 0.05) is 18.8 Å². The summed E-state index contributed by atoms with van der Waals surface area (Å²) in [5.41, 5.74) is 0. The summed E-state index contributed by atoms with van der Waals surface area (Å²) >= 11 is 0. The van der Waals surface area contributed by atoms with Crippen molar-refractivity contribution in [2.45, 2.75) is 135 Å². The molecule has 4 N–H and O–H groups in total. The zero-order valence-corrected chi connectivity index (χ0v) is 24.2. The molecule has 1 fully saturated rings. The van der Waals surface area contributed by atoms with Crippen molar-refractivity contribution in [2.24, 2.45) is 11.8 Å². The number of hydrogen-bond acceptors (Lipinski definition) is 8. The predicted molar refractivity (Wildman–Crippen MR) is 152 cm³/mol. The van der Waals surface area contributed by atoms with E-state index < -0.39 is 43.0 Å². The van der Waals surface area contributed by atoms with Gasteiger partial charge in [-0.25, -0.2) is 0 Å². The first-order chi connectivity index (χ1) is 18.8. The van der Waals surface area contributed by atoms with E-state index in [9.17, 15) is 30.0 Å². The Bertz CT molecular complexity index is 707. The van der Waals surface area contributed by atoms with Gasteiger partial charge in [0.2, 0.25) is 0 Å². The SMILES string of the molecule is CCCCCCCCCC(=O)O[C@@H](CO)COC(=O)C/C=C\C[C@H]1[C@@H](/C=C/[C@H](O)CCCCC)[C@H](O)C[C@@H]1O. The molecule has 1 rings (SSSR count). The number of rotatable bonds is 22. The largest absolute Gasteiger partial charge is 0.461 e. The second-order valence-electron chi connectivity index (χ2n) is 10.8. The van der Waals surface area contributed by atoms with Gasteiger partial charge in [0.15, 0.2) is 6.10 Å². The molecule has 0 heterocycles. The first-order valence-corrected chi connectivity index (χ1v) is 15.2. The van der Waals surface area contributed by atoms with Crippen LogP contribution >= 0.6 is 0 Å². The van der Waals surface area contributed by atoms with Gasteiger partial charge in [0.05, 0.1) is 31.3 Å². The minimum atomic E-state index is -0.880. The van der Waals surface area contributed by atoms with Crippen LogP contribution in [0.2, 0.25) is 0 Å². The van der Waals surface area contributed by atoms with Crippen LogP contribution < -0.4 is 0 Å². The van der Waals surface area contributed by atoms with Crippen molar-refractivity contribution in [1.82, 2.24) is 0 Å². The maximum Gasteiger partial charge on any atom is 0.309 e. The Labute approximate surface area is 235 Å². The van der Waals surface area contributed by atoms with Crippen LogP contribution in [0.3, 0.4) is 0 Å². The number of carbonyl (C=O) groups excluding carboxylic acids is 2. The molecule has 0 aromatic rings. The van der Waals surface area contributed by atoms with E-state index in [1.807, 2.05) is 6.08 Å². The van der Waals surface area contributed by atoms with E-state index >= 15 is 0 Å². The molecule has 0 bridgehead atoms. The molecule has 39 heavy (non-hydrogen) atoms. The standard InChI is InChI=1S/C31H54O8/c1-3-5-7-8-9-10-12-18-31(37)39-25(22-32)23-38-30(36)17-14-13-16-26-27(29(35)21-28(26)34)20-19-24(33)15-11-6-4-2/h13-14,19-20,24-29,32-35H,3-12,15-18,21-23H2,1-2H3/b14-13-,20-19+/t24-,25+,26+,27-,28+,29-/m1/s1. The normalized spacial score (nSPS) is 22.9. The molecule has 0 aromatic heterocycles. The molecule has 0 aliphatic heterocycles. The van der Waals surface area contributed by atoms with Crippen molar-refractivity contribution in [3.8, 4) is 0 Å². The molecule has 0 unspecified atom stereocenters. The van der Waals surface area contributed by atoms with Crippen molar-refractivity contribution in [2.75, 3.05) is 13.2 Å². The summed E-state index contributed by atoms with van der Waals surface area (Å²) in [4.78, 5) is 24.1. The highest BCUT2D eigenvalue weighted by molar-refractivity contribution is 5.71. The summed E-state index contributed by atoms with van der Waals surface area (Å²) in [5.74, 6) is -1.38. The van der Waals surface area contributed by atoms with E-state index in [0.717, 1.165) is 38.5 Å². The van der Waals surface area contributed by atoms with Crippen LogP contribution in [0.5, 0.6) is 0 Å². The first kappa shape index (κ1) is 35.3. The average molecular weight is 555 g/mol. The van der Waals surface area contributed by atoms with Crippen molar-refractivity contribution in [1.29, 1.82) is 0 Å². The number of aliphatic hydroxyl groups is 4. The van der Waals surface area contributed by atoms with Gasteiger partial charge in [-0.05, 0) is 25.2 Å². The van der Waals surface area contributed by atoms with Gasteiger partial charge in [0.1, 0.15) is 6.61 Å². The number of ether oxygens (including phenoxy) is 2. The second-order valence-corrected chi connectivity index (χ2v) is 10.8. The highest BCUT2D eigenvalue weighted by atomic mass is 16.6.